The molecule has 0 saturated heterocycles. The number of primary amides is 1. The second kappa shape index (κ2) is 6.51. The Bertz CT molecular complexity index is 656. The van der Waals surface area contributed by atoms with Crippen molar-refractivity contribution in [2.75, 3.05) is 5.32 Å². The molecule has 0 atom stereocenters. The van der Waals surface area contributed by atoms with Crippen LogP contribution in [0.2, 0.25) is 0 Å². The van der Waals surface area contributed by atoms with Crippen molar-refractivity contribution in [3.05, 3.63) is 65.5 Å². The van der Waals surface area contributed by atoms with Gasteiger partial charge in [0, 0.05) is 12.2 Å². The molecule has 2 aromatic carbocycles. The van der Waals surface area contributed by atoms with E-state index in [0.717, 1.165) is 5.56 Å². The minimum atomic E-state index is -0.643. The lowest BCUT2D eigenvalue weighted by Gasteiger charge is -2.07. The van der Waals surface area contributed by atoms with Gasteiger partial charge in [0.1, 0.15) is 5.82 Å². The summed E-state index contributed by atoms with van der Waals surface area (Å²) in [5, 5.41) is 5.06. The van der Waals surface area contributed by atoms with E-state index in [1.165, 1.54) is 18.2 Å². The predicted octanol–water partition coefficient (Wildman–Crippen LogP) is 2.25. The van der Waals surface area contributed by atoms with Crippen molar-refractivity contribution in [3.63, 3.8) is 0 Å². The number of halogens is 1. The Labute approximate surface area is 121 Å². The van der Waals surface area contributed by atoms with Gasteiger partial charge in [-0.25, -0.2) is 9.18 Å². The summed E-state index contributed by atoms with van der Waals surface area (Å²) in [6.45, 7) is 0.254. The standard InChI is InChI=1S/C15H14FN3O2/c16-13-4-2-1-3-12(13)14(20)18-9-10-5-7-11(8-6-10)19-15(17)21/h1-8H,9H2,(H,18,20)(H3,17,19,21). The number of carbonyl (C=O) groups is 2. The van der Waals surface area contributed by atoms with Gasteiger partial charge >= 0.3 is 6.03 Å². The van der Waals surface area contributed by atoms with Crippen LogP contribution in [0, 0.1) is 5.82 Å². The lowest BCUT2D eigenvalue weighted by molar-refractivity contribution is 0.0947. The van der Waals surface area contributed by atoms with Crippen molar-refractivity contribution in [3.8, 4) is 0 Å². The quantitative estimate of drug-likeness (QED) is 0.805. The molecular weight excluding hydrogens is 273 g/mol. The Kier molecular flexibility index (Phi) is 4.50. The lowest BCUT2D eigenvalue weighted by Crippen LogP contribution is -2.23. The van der Waals surface area contributed by atoms with Gasteiger partial charge in [-0.05, 0) is 29.8 Å². The average Bonchev–Trinajstić information content (AvgIpc) is 2.46. The van der Waals surface area contributed by atoms with Gasteiger partial charge in [0.25, 0.3) is 5.91 Å². The zero-order valence-electron chi connectivity index (χ0n) is 11.1. The van der Waals surface area contributed by atoms with Crippen LogP contribution in [-0.2, 0) is 6.54 Å². The van der Waals surface area contributed by atoms with Gasteiger partial charge in [-0.3, -0.25) is 4.79 Å². The molecule has 0 fully saturated rings. The predicted molar refractivity (Wildman–Crippen MR) is 77.2 cm³/mol. The minimum Gasteiger partial charge on any atom is -0.351 e. The molecule has 4 N–H and O–H groups in total. The summed E-state index contributed by atoms with van der Waals surface area (Å²) in [5.74, 6) is -1.04. The first-order valence-corrected chi connectivity index (χ1v) is 6.24. The molecule has 0 saturated carbocycles. The summed E-state index contributed by atoms with van der Waals surface area (Å²) >= 11 is 0. The molecule has 0 radical (unpaired) electrons. The van der Waals surface area contributed by atoms with E-state index in [0.29, 0.717) is 5.69 Å². The maximum Gasteiger partial charge on any atom is 0.316 e. The van der Waals surface area contributed by atoms with Gasteiger partial charge in [-0.1, -0.05) is 24.3 Å². The van der Waals surface area contributed by atoms with Crippen molar-refractivity contribution >= 4 is 17.6 Å². The molecule has 21 heavy (non-hydrogen) atoms. The molecule has 0 spiro atoms. The van der Waals surface area contributed by atoms with Crippen LogP contribution < -0.4 is 16.4 Å². The smallest absolute Gasteiger partial charge is 0.316 e. The molecule has 3 amide bonds. The number of nitrogens with two attached hydrogens (primary N) is 1. The van der Waals surface area contributed by atoms with E-state index in [1.54, 1.807) is 30.3 Å². The third kappa shape index (κ3) is 4.04. The first-order valence-electron chi connectivity index (χ1n) is 6.24. The second-order valence-corrected chi connectivity index (χ2v) is 4.35. The summed E-state index contributed by atoms with van der Waals surface area (Å²) in [4.78, 5) is 22.5. The highest BCUT2D eigenvalue weighted by molar-refractivity contribution is 5.94. The van der Waals surface area contributed by atoms with Gasteiger partial charge in [0.15, 0.2) is 0 Å². The third-order valence-electron chi connectivity index (χ3n) is 2.79. The molecule has 2 aromatic rings. The van der Waals surface area contributed by atoms with Crippen LogP contribution in [0.25, 0.3) is 0 Å². The molecule has 0 aliphatic heterocycles. The maximum atomic E-state index is 13.4. The molecule has 0 unspecified atom stereocenters. The zero-order valence-corrected chi connectivity index (χ0v) is 11.1. The molecule has 5 nitrogen and oxygen atoms in total. The molecule has 2 rings (SSSR count). The second-order valence-electron chi connectivity index (χ2n) is 4.35. The summed E-state index contributed by atoms with van der Waals surface area (Å²) < 4.78 is 13.4. The lowest BCUT2D eigenvalue weighted by atomic mass is 10.1. The van der Waals surface area contributed by atoms with Crippen molar-refractivity contribution in [2.45, 2.75) is 6.54 Å². The summed E-state index contributed by atoms with van der Waals surface area (Å²) in [6, 6.07) is 11.9. The summed E-state index contributed by atoms with van der Waals surface area (Å²) in [7, 11) is 0. The molecule has 0 bridgehead atoms. The maximum absolute atomic E-state index is 13.4. The van der Waals surface area contributed by atoms with E-state index < -0.39 is 17.8 Å². The Morgan fingerprint density at radius 2 is 1.71 bits per heavy atom. The van der Waals surface area contributed by atoms with E-state index in [-0.39, 0.29) is 12.1 Å². The Balaban J connectivity index is 1.95. The number of anilines is 1. The Morgan fingerprint density at radius 1 is 1.05 bits per heavy atom. The Hall–Kier alpha value is -2.89. The van der Waals surface area contributed by atoms with Gasteiger partial charge < -0.3 is 16.4 Å². The highest BCUT2D eigenvalue weighted by Crippen LogP contribution is 2.10. The van der Waals surface area contributed by atoms with Gasteiger partial charge in [0.2, 0.25) is 0 Å². The van der Waals surface area contributed by atoms with E-state index in [9.17, 15) is 14.0 Å². The fourth-order valence-electron chi connectivity index (χ4n) is 1.77. The summed E-state index contributed by atoms with van der Waals surface area (Å²) in [5.41, 5.74) is 6.38. The van der Waals surface area contributed by atoms with Crippen molar-refractivity contribution in [1.82, 2.24) is 5.32 Å². The number of urea groups is 1. The molecular formula is C15H14FN3O2. The molecule has 0 aliphatic rings. The number of amides is 3. The van der Waals surface area contributed by atoms with Crippen molar-refractivity contribution in [1.29, 1.82) is 0 Å². The van der Waals surface area contributed by atoms with Gasteiger partial charge in [-0.15, -0.1) is 0 Å². The third-order valence-corrected chi connectivity index (χ3v) is 2.79. The zero-order chi connectivity index (χ0) is 15.2. The fourth-order valence-corrected chi connectivity index (χ4v) is 1.77. The number of rotatable bonds is 4. The fraction of sp³-hybridized carbons (Fsp3) is 0.0667. The van der Waals surface area contributed by atoms with E-state index in [2.05, 4.69) is 10.6 Å². The molecule has 6 heteroatoms. The Morgan fingerprint density at radius 3 is 2.33 bits per heavy atom. The van der Waals surface area contributed by atoms with Gasteiger partial charge in [-0.2, -0.15) is 0 Å². The van der Waals surface area contributed by atoms with Crippen molar-refractivity contribution < 1.29 is 14.0 Å². The van der Waals surface area contributed by atoms with E-state index in [1.807, 2.05) is 0 Å². The van der Waals surface area contributed by atoms with E-state index in [4.69, 9.17) is 5.73 Å². The monoisotopic (exact) mass is 287 g/mol. The van der Waals surface area contributed by atoms with Gasteiger partial charge in [0.05, 0.1) is 5.56 Å². The number of hydrogen-bond acceptors (Lipinski definition) is 2. The van der Waals surface area contributed by atoms with Crippen LogP contribution in [0.15, 0.2) is 48.5 Å². The highest BCUT2D eigenvalue weighted by atomic mass is 19.1. The normalized spacial score (nSPS) is 9.95. The van der Waals surface area contributed by atoms with Crippen LogP contribution in [-0.4, -0.2) is 11.9 Å². The molecule has 108 valence electrons. The molecule has 0 aromatic heterocycles. The van der Waals surface area contributed by atoms with Crippen LogP contribution in [0.1, 0.15) is 15.9 Å². The van der Waals surface area contributed by atoms with E-state index >= 15 is 0 Å². The first-order chi connectivity index (χ1) is 10.1. The highest BCUT2D eigenvalue weighted by Gasteiger charge is 2.09. The van der Waals surface area contributed by atoms with Crippen LogP contribution in [0.5, 0.6) is 0 Å². The summed E-state index contributed by atoms with van der Waals surface area (Å²) in [6.07, 6.45) is 0. The van der Waals surface area contributed by atoms with Crippen LogP contribution in [0.3, 0.4) is 0 Å². The van der Waals surface area contributed by atoms with Crippen LogP contribution in [0.4, 0.5) is 14.9 Å². The molecule has 0 heterocycles. The largest absolute Gasteiger partial charge is 0.351 e. The average molecular weight is 287 g/mol. The SMILES string of the molecule is NC(=O)Nc1ccc(CNC(=O)c2ccccc2F)cc1. The number of nitrogens with one attached hydrogen (secondary N) is 2. The first kappa shape index (κ1) is 14.5. The number of carbonyl (C=O) groups excluding carboxylic acids is 2. The number of benzene rings is 2. The molecule has 0 aliphatic carbocycles. The van der Waals surface area contributed by atoms with Crippen LogP contribution >= 0.6 is 0 Å². The minimum absolute atomic E-state index is 0.00418. The van der Waals surface area contributed by atoms with Crippen molar-refractivity contribution in [2.24, 2.45) is 5.73 Å². The number of hydrogen-bond donors (Lipinski definition) is 3. The topological polar surface area (TPSA) is 84.2 Å².